The molecule has 0 saturated carbocycles. The average Bonchev–Trinajstić information content (AvgIpc) is 2.15. The van der Waals surface area contributed by atoms with Gasteiger partial charge in [0.1, 0.15) is 0 Å². The van der Waals surface area contributed by atoms with Gasteiger partial charge in [-0.1, -0.05) is 23.8 Å². The predicted molar refractivity (Wildman–Crippen MR) is 66.3 cm³/mol. The number of rotatable bonds is 4. The van der Waals surface area contributed by atoms with Gasteiger partial charge in [-0.25, -0.2) is 0 Å². The van der Waals surface area contributed by atoms with E-state index in [1.165, 1.54) is 0 Å². The zero-order chi connectivity index (χ0) is 13.2. The molecule has 0 saturated heterocycles. The SMILES string of the molecule is Cc1ccc(C(=O)CC(C)(C)C(=O)O)c(C)c1. The van der Waals surface area contributed by atoms with Crippen LogP contribution in [0.2, 0.25) is 0 Å². The highest BCUT2D eigenvalue weighted by Crippen LogP contribution is 2.24. The Bertz CT molecular complexity index is 459. The van der Waals surface area contributed by atoms with E-state index < -0.39 is 11.4 Å². The van der Waals surface area contributed by atoms with Crippen molar-refractivity contribution in [3.63, 3.8) is 0 Å². The molecule has 0 heterocycles. The van der Waals surface area contributed by atoms with E-state index in [-0.39, 0.29) is 12.2 Å². The maximum absolute atomic E-state index is 12.0. The number of aliphatic carboxylic acids is 1. The number of aryl methyl sites for hydroxylation is 2. The molecule has 0 fully saturated rings. The van der Waals surface area contributed by atoms with Gasteiger partial charge in [0.05, 0.1) is 5.41 Å². The summed E-state index contributed by atoms with van der Waals surface area (Å²) in [5.41, 5.74) is 1.59. The lowest BCUT2D eigenvalue weighted by atomic mass is 9.85. The molecule has 1 rings (SSSR count). The average molecular weight is 234 g/mol. The van der Waals surface area contributed by atoms with Crippen LogP contribution in [0.15, 0.2) is 18.2 Å². The molecule has 92 valence electrons. The van der Waals surface area contributed by atoms with Gasteiger partial charge in [0.2, 0.25) is 0 Å². The van der Waals surface area contributed by atoms with Crippen LogP contribution in [0.1, 0.15) is 41.8 Å². The standard InChI is InChI=1S/C14H18O3/c1-9-5-6-11(10(2)7-9)12(15)8-14(3,4)13(16)17/h5-7H,8H2,1-4H3,(H,16,17). The Balaban J connectivity index is 2.95. The molecule has 0 spiro atoms. The summed E-state index contributed by atoms with van der Waals surface area (Å²) in [4.78, 5) is 23.0. The van der Waals surface area contributed by atoms with Gasteiger partial charge in [-0.15, -0.1) is 0 Å². The van der Waals surface area contributed by atoms with Gasteiger partial charge in [0.25, 0.3) is 0 Å². The number of Topliss-reactive ketones (excluding diaryl/α,β-unsaturated/α-hetero) is 1. The quantitative estimate of drug-likeness (QED) is 0.815. The van der Waals surface area contributed by atoms with Crippen molar-refractivity contribution in [3.8, 4) is 0 Å². The first-order chi connectivity index (χ1) is 7.74. The second kappa shape index (κ2) is 4.70. The van der Waals surface area contributed by atoms with Gasteiger partial charge in [-0.3, -0.25) is 9.59 Å². The van der Waals surface area contributed by atoms with Crippen LogP contribution in [0.4, 0.5) is 0 Å². The highest BCUT2D eigenvalue weighted by Gasteiger charge is 2.30. The third-order valence-electron chi connectivity index (χ3n) is 2.86. The molecule has 0 aliphatic rings. The zero-order valence-corrected chi connectivity index (χ0v) is 10.7. The summed E-state index contributed by atoms with van der Waals surface area (Å²) in [6.07, 6.45) is 0.0201. The molecule has 0 radical (unpaired) electrons. The van der Waals surface area contributed by atoms with Crippen LogP contribution in [0.3, 0.4) is 0 Å². The van der Waals surface area contributed by atoms with Gasteiger partial charge in [-0.05, 0) is 33.3 Å². The van der Waals surface area contributed by atoms with Gasteiger partial charge in [0, 0.05) is 12.0 Å². The number of hydrogen-bond donors (Lipinski definition) is 1. The number of hydrogen-bond acceptors (Lipinski definition) is 2. The fraction of sp³-hybridized carbons (Fsp3) is 0.429. The largest absolute Gasteiger partial charge is 0.481 e. The first kappa shape index (κ1) is 13.4. The molecule has 0 aliphatic heterocycles. The molecule has 0 amide bonds. The number of carbonyl (C=O) groups excluding carboxylic acids is 1. The van der Waals surface area contributed by atoms with E-state index in [1.807, 2.05) is 26.0 Å². The van der Waals surface area contributed by atoms with Gasteiger partial charge < -0.3 is 5.11 Å². The Hall–Kier alpha value is -1.64. The summed E-state index contributed by atoms with van der Waals surface area (Å²) in [5.74, 6) is -1.06. The fourth-order valence-electron chi connectivity index (χ4n) is 1.70. The van der Waals surface area contributed by atoms with E-state index in [0.717, 1.165) is 11.1 Å². The molecule has 1 aromatic carbocycles. The number of carboxylic acid groups (broad SMARTS) is 1. The van der Waals surface area contributed by atoms with Crippen molar-refractivity contribution < 1.29 is 14.7 Å². The molecule has 0 aromatic heterocycles. The van der Waals surface area contributed by atoms with Crippen molar-refractivity contribution in [2.24, 2.45) is 5.41 Å². The highest BCUT2D eigenvalue weighted by atomic mass is 16.4. The monoisotopic (exact) mass is 234 g/mol. The van der Waals surface area contributed by atoms with Crippen molar-refractivity contribution in [1.29, 1.82) is 0 Å². The summed E-state index contributed by atoms with van der Waals surface area (Å²) in [6, 6.07) is 5.57. The normalized spacial score (nSPS) is 11.3. The Kier molecular flexibility index (Phi) is 3.71. The lowest BCUT2D eigenvalue weighted by Gasteiger charge is -2.18. The maximum atomic E-state index is 12.0. The van der Waals surface area contributed by atoms with Crippen molar-refractivity contribution >= 4 is 11.8 Å². The predicted octanol–water partition coefficient (Wildman–Crippen LogP) is 2.99. The minimum atomic E-state index is -1.02. The number of carboxylic acids is 1. The summed E-state index contributed by atoms with van der Waals surface area (Å²) in [5, 5.41) is 9.00. The molecule has 17 heavy (non-hydrogen) atoms. The molecule has 0 aliphatic carbocycles. The fourth-order valence-corrected chi connectivity index (χ4v) is 1.70. The Labute approximate surface area is 101 Å². The molecular formula is C14H18O3. The number of ketones is 1. The number of carbonyl (C=O) groups is 2. The van der Waals surface area contributed by atoms with E-state index in [4.69, 9.17) is 5.11 Å². The zero-order valence-electron chi connectivity index (χ0n) is 10.7. The minimum absolute atomic E-state index is 0.0201. The molecule has 0 unspecified atom stereocenters. The smallest absolute Gasteiger partial charge is 0.309 e. The summed E-state index contributed by atoms with van der Waals surface area (Å²) in [6.45, 7) is 6.96. The first-order valence-electron chi connectivity index (χ1n) is 5.58. The van der Waals surface area contributed by atoms with Crippen molar-refractivity contribution in [2.75, 3.05) is 0 Å². The van der Waals surface area contributed by atoms with E-state index in [0.29, 0.717) is 5.56 Å². The molecule has 1 aromatic rings. The maximum Gasteiger partial charge on any atom is 0.309 e. The first-order valence-corrected chi connectivity index (χ1v) is 5.58. The molecular weight excluding hydrogens is 216 g/mol. The molecule has 3 heteroatoms. The van der Waals surface area contributed by atoms with Crippen LogP contribution in [0.25, 0.3) is 0 Å². The summed E-state index contributed by atoms with van der Waals surface area (Å²) >= 11 is 0. The van der Waals surface area contributed by atoms with Gasteiger partial charge >= 0.3 is 5.97 Å². The van der Waals surface area contributed by atoms with Crippen LogP contribution >= 0.6 is 0 Å². The van der Waals surface area contributed by atoms with Gasteiger partial charge in [0.15, 0.2) is 5.78 Å². The molecule has 0 atom stereocenters. The van der Waals surface area contributed by atoms with Crippen LogP contribution in [-0.2, 0) is 4.79 Å². The van der Waals surface area contributed by atoms with Crippen molar-refractivity contribution in [2.45, 2.75) is 34.1 Å². The Morgan fingerprint density at radius 3 is 2.29 bits per heavy atom. The Morgan fingerprint density at radius 2 is 1.82 bits per heavy atom. The van der Waals surface area contributed by atoms with Crippen LogP contribution in [0, 0.1) is 19.3 Å². The summed E-state index contributed by atoms with van der Waals surface area (Å²) in [7, 11) is 0. The van der Waals surface area contributed by atoms with Crippen LogP contribution < -0.4 is 0 Å². The lowest BCUT2D eigenvalue weighted by Crippen LogP contribution is -2.27. The van der Waals surface area contributed by atoms with Crippen LogP contribution in [-0.4, -0.2) is 16.9 Å². The van der Waals surface area contributed by atoms with Gasteiger partial charge in [-0.2, -0.15) is 0 Å². The second-order valence-corrected chi connectivity index (χ2v) is 5.11. The second-order valence-electron chi connectivity index (χ2n) is 5.11. The van der Waals surface area contributed by atoms with E-state index >= 15 is 0 Å². The van der Waals surface area contributed by atoms with Crippen LogP contribution in [0.5, 0.6) is 0 Å². The molecule has 3 nitrogen and oxygen atoms in total. The highest BCUT2D eigenvalue weighted by molar-refractivity contribution is 5.99. The molecule has 1 N–H and O–H groups in total. The minimum Gasteiger partial charge on any atom is -0.481 e. The van der Waals surface area contributed by atoms with Crippen molar-refractivity contribution in [3.05, 3.63) is 34.9 Å². The third-order valence-corrected chi connectivity index (χ3v) is 2.86. The van der Waals surface area contributed by atoms with E-state index in [9.17, 15) is 9.59 Å². The van der Waals surface area contributed by atoms with E-state index in [2.05, 4.69) is 0 Å². The number of benzene rings is 1. The summed E-state index contributed by atoms with van der Waals surface area (Å²) < 4.78 is 0. The Morgan fingerprint density at radius 1 is 1.24 bits per heavy atom. The van der Waals surface area contributed by atoms with E-state index in [1.54, 1.807) is 19.9 Å². The lowest BCUT2D eigenvalue weighted by molar-refractivity contribution is -0.146. The molecule has 0 bridgehead atoms. The van der Waals surface area contributed by atoms with Crippen molar-refractivity contribution in [1.82, 2.24) is 0 Å². The third kappa shape index (κ3) is 3.16. The topological polar surface area (TPSA) is 54.4 Å².